The van der Waals surface area contributed by atoms with Crippen LogP contribution in [0.3, 0.4) is 0 Å². The normalized spacial score (nSPS) is 16.9. The van der Waals surface area contributed by atoms with Crippen LogP contribution in [0.2, 0.25) is 0 Å². The molecule has 0 bridgehead atoms. The number of nitrogens with zero attached hydrogens (tertiary/aromatic N) is 1. The van der Waals surface area contributed by atoms with Crippen LogP contribution in [0, 0.1) is 0 Å². The van der Waals surface area contributed by atoms with Gasteiger partial charge in [-0.25, -0.2) is 0 Å². The van der Waals surface area contributed by atoms with Crippen molar-refractivity contribution in [2.75, 3.05) is 0 Å². The van der Waals surface area contributed by atoms with Crippen LogP contribution in [0.4, 0.5) is 0 Å². The minimum Gasteiger partial charge on any atom is -0.309 e. The number of fused-ring (bicyclic) bond motifs is 3. The third-order valence-electron chi connectivity index (χ3n) is 3.12. The average molecular weight is 330 g/mol. The molecule has 4 aromatic rings. The maximum absolute atomic E-state index is 8.40. The molecular weight excluding hydrogens is 310 g/mol. The molecule has 1 nitrogen and oxygen atoms in total. The number of rotatable bonds is 1. The lowest BCUT2D eigenvalue weighted by Crippen LogP contribution is -1.92. The van der Waals surface area contributed by atoms with E-state index < -0.39 is 24.2 Å². The molecule has 0 radical (unpaired) electrons. The predicted molar refractivity (Wildman–Crippen MR) is 88.5 cm³/mol. The molecule has 0 atom stereocenters. The van der Waals surface area contributed by atoms with Gasteiger partial charge < -0.3 is 4.57 Å². The Bertz CT molecular complexity index is 1220. The first kappa shape index (κ1) is 6.15. The van der Waals surface area contributed by atoms with Crippen molar-refractivity contribution < 1.29 is 11.0 Å². The van der Waals surface area contributed by atoms with Crippen molar-refractivity contribution >= 4 is 37.7 Å². The van der Waals surface area contributed by atoms with Gasteiger partial charge in [0.05, 0.1) is 22.0 Å². The Labute approximate surface area is 136 Å². The van der Waals surface area contributed by atoms with Crippen molar-refractivity contribution in [3.63, 3.8) is 0 Å². The van der Waals surface area contributed by atoms with Gasteiger partial charge in [-0.15, -0.1) is 0 Å². The highest BCUT2D eigenvalue weighted by molar-refractivity contribution is 9.10. The fourth-order valence-corrected chi connectivity index (χ4v) is 2.53. The van der Waals surface area contributed by atoms with Gasteiger partial charge in [0.25, 0.3) is 0 Å². The Kier molecular flexibility index (Phi) is 1.38. The summed E-state index contributed by atoms with van der Waals surface area (Å²) in [4.78, 5) is 0. The third kappa shape index (κ3) is 1.69. The van der Waals surface area contributed by atoms with Gasteiger partial charge in [0.1, 0.15) is 0 Å². The van der Waals surface area contributed by atoms with E-state index in [1.807, 2.05) is 0 Å². The molecule has 2 heteroatoms. The zero-order valence-electron chi connectivity index (χ0n) is 18.1. The van der Waals surface area contributed by atoms with Crippen molar-refractivity contribution in [2.24, 2.45) is 0 Å². The molecule has 20 heavy (non-hydrogen) atoms. The van der Waals surface area contributed by atoms with E-state index in [2.05, 4.69) is 15.9 Å². The maximum atomic E-state index is 8.40. The molecule has 0 aliphatic heterocycles. The van der Waals surface area contributed by atoms with Crippen molar-refractivity contribution in [1.82, 2.24) is 4.57 Å². The number of hydrogen-bond acceptors (Lipinski definition) is 0. The van der Waals surface area contributed by atoms with E-state index in [1.54, 1.807) is 24.3 Å². The fraction of sp³-hybridized carbons (Fsp3) is 0. The maximum Gasteiger partial charge on any atom is 0.0645 e. The van der Waals surface area contributed by atoms with Crippen molar-refractivity contribution in [2.45, 2.75) is 0 Å². The highest BCUT2D eigenvalue weighted by Crippen LogP contribution is 2.31. The van der Waals surface area contributed by atoms with E-state index in [0.717, 1.165) is 4.47 Å². The molecule has 0 saturated carbocycles. The fourth-order valence-electron chi connectivity index (χ4n) is 2.27. The molecule has 0 amide bonds. The molecule has 0 aliphatic rings. The van der Waals surface area contributed by atoms with Crippen molar-refractivity contribution in [1.29, 1.82) is 0 Å². The highest BCUT2D eigenvalue weighted by Gasteiger charge is 2.10. The molecule has 4 rings (SSSR count). The summed E-state index contributed by atoms with van der Waals surface area (Å²) in [7, 11) is 0. The zero-order valence-corrected chi connectivity index (χ0v) is 11.7. The molecule has 0 spiro atoms. The van der Waals surface area contributed by atoms with Gasteiger partial charge in [0, 0.05) is 20.9 Å². The van der Waals surface area contributed by atoms with Gasteiger partial charge in [0.15, 0.2) is 0 Å². The summed E-state index contributed by atoms with van der Waals surface area (Å²) in [6, 6.07) is 3.94. The minimum atomic E-state index is -0.445. The quantitative estimate of drug-likeness (QED) is 0.431. The van der Waals surface area contributed by atoms with Gasteiger partial charge in [0.2, 0.25) is 0 Å². The molecule has 1 heterocycles. The Morgan fingerprint density at radius 3 is 1.80 bits per heavy atom. The number of hydrogen-bond donors (Lipinski definition) is 0. The molecular formula is C18H12BrN. The van der Waals surface area contributed by atoms with Crippen molar-refractivity contribution in [3.05, 3.63) is 77.1 Å². The molecule has 0 saturated heterocycles. The Balaban J connectivity index is 2.41. The first-order valence-electron chi connectivity index (χ1n) is 9.93. The van der Waals surface area contributed by atoms with Crippen LogP contribution >= 0.6 is 15.9 Å². The van der Waals surface area contributed by atoms with E-state index in [0.29, 0.717) is 5.69 Å². The van der Waals surface area contributed by atoms with Crippen LogP contribution in [0.25, 0.3) is 27.5 Å². The van der Waals surface area contributed by atoms with E-state index >= 15 is 0 Å². The molecule has 0 unspecified atom stereocenters. The second-order valence-electron chi connectivity index (χ2n) is 4.26. The van der Waals surface area contributed by atoms with Crippen molar-refractivity contribution in [3.8, 4) is 5.69 Å². The number of aromatic nitrogens is 1. The Morgan fingerprint density at radius 1 is 0.750 bits per heavy atom. The van der Waals surface area contributed by atoms with E-state index in [9.17, 15) is 0 Å². The number of halogens is 1. The summed E-state index contributed by atoms with van der Waals surface area (Å²) in [6.07, 6.45) is 0. The van der Waals surface area contributed by atoms with E-state index in [4.69, 9.17) is 11.0 Å². The molecule has 0 N–H and O–H groups in total. The first-order chi connectivity index (χ1) is 13.2. The smallest absolute Gasteiger partial charge is 0.0645 e. The molecule has 3 aromatic carbocycles. The monoisotopic (exact) mass is 329 g/mol. The zero-order chi connectivity index (χ0) is 20.5. The number of benzene rings is 3. The molecule has 1 aromatic heterocycles. The summed E-state index contributed by atoms with van der Waals surface area (Å²) in [5.41, 5.74) is 0.768. The van der Waals surface area contributed by atoms with Crippen LogP contribution in [0.1, 0.15) is 11.0 Å². The van der Waals surface area contributed by atoms with Gasteiger partial charge in [-0.05, 0) is 36.4 Å². The summed E-state index contributed by atoms with van der Waals surface area (Å²) in [5, 5.41) is 0.159. The average Bonchev–Trinajstić information content (AvgIpc) is 3.04. The highest BCUT2D eigenvalue weighted by atomic mass is 79.9. The lowest BCUT2D eigenvalue weighted by Gasteiger charge is -2.07. The van der Waals surface area contributed by atoms with Gasteiger partial charge in [-0.1, -0.05) is 52.2 Å². The van der Waals surface area contributed by atoms with Crippen LogP contribution in [0.15, 0.2) is 77.1 Å². The second kappa shape index (κ2) is 4.50. The summed E-state index contributed by atoms with van der Waals surface area (Å²) < 4.78 is 67.9. The van der Waals surface area contributed by atoms with Crippen LogP contribution < -0.4 is 0 Å². The largest absolute Gasteiger partial charge is 0.309 e. The first-order valence-corrected chi connectivity index (χ1v) is 6.72. The van der Waals surface area contributed by atoms with Crippen LogP contribution in [-0.4, -0.2) is 4.57 Å². The summed E-state index contributed by atoms with van der Waals surface area (Å²) in [6.45, 7) is 0. The second-order valence-corrected chi connectivity index (χ2v) is 5.17. The Morgan fingerprint density at radius 2 is 1.25 bits per heavy atom. The van der Waals surface area contributed by atoms with Crippen LogP contribution in [0.5, 0.6) is 0 Å². The lowest BCUT2D eigenvalue weighted by atomic mass is 10.2. The molecule has 96 valence electrons. The van der Waals surface area contributed by atoms with Gasteiger partial charge in [-0.3, -0.25) is 0 Å². The summed E-state index contributed by atoms with van der Waals surface area (Å²) >= 11 is 3.35. The van der Waals surface area contributed by atoms with Crippen LogP contribution in [-0.2, 0) is 0 Å². The minimum absolute atomic E-state index is 0.0796. The number of para-hydroxylation sites is 2. The van der Waals surface area contributed by atoms with Gasteiger partial charge >= 0.3 is 0 Å². The topological polar surface area (TPSA) is 4.93 Å². The third-order valence-corrected chi connectivity index (χ3v) is 3.65. The van der Waals surface area contributed by atoms with Gasteiger partial charge in [-0.2, -0.15) is 0 Å². The standard InChI is InChI=1S/C18H12BrN/c19-13-9-11-14(12-10-13)20-17-7-3-1-5-15(17)16-6-2-4-8-18(16)20/h1-12H/i1D,2D,3D,4D,5D,6D,7D,8D. The predicted octanol–water partition coefficient (Wildman–Crippen LogP) is 5.55. The molecule has 0 fully saturated rings. The van der Waals surface area contributed by atoms with E-state index in [-0.39, 0.29) is 46.0 Å². The summed E-state index contributed by atoms with van der Waals surface area (Å²) in [5.74, 6) is 0. The SMILES string of the molecule is [2H]c1c([2H])c([2H])c2c(c1[2H])c1c([2H])c([2H])c([2H])c([2H])c1n2-c1ccc(Br)cc1. The lowest BCUT2D eigenvalue weighted by molar-refractivity contribution is 1.18. The Hall–Kier alpha value is -2.06. The van der Waals surface area contributed by atoms with E-state index in [1.165, 1.54) is 4.57 Å². The molecule has 0 aliphatic carbocycles.